The Balaban J connectivity index is 1.62. The largest absolute Gasteiger partial charge is 0.497 e. The van der Waals surface area contributed by atoms with Crippen LogP contribution in [0.5, 0.6) is 11.5 Å². The summed E-state index contributed by atoms with van der Waals surface area (Å²) >= 11 is 0. The third-order valence-electron chi connectivity index (χ3n) is 4.45. The molecule has 1 fully saturated rings. The number of methoxy groups -OCH3 is 1. The van der Waals surface area contributed by atoms with Crippen LogP contribution in [0.25, 0.3) is 0 Å². The van der Waals surface area contributed by atoms with E-state index in [2.05, 4.69) is 48.2 Å². The minimum Gasteiger partial charge on any atom is -0.497 e. The van der Waals surface area contributed by atoms with Crippen molar-refractivity contribution in [2.45, 2.75) is 32.4 Å². The fraction of sp³-hybridized carbons (Fsp3) is 0.400. The normalized spacial score (nSPS) is 18.1. The van der Waals surface area contributed by atoms with Crippen molar-refractivity contribution in [3.8, 4) is 11.5 Å². The van der Waals surface area contributed by atoms with Crippen molar-refractivity contribution < 1.29 is 9.47 Å². The maximum absolute atomic E-state index is 6.13. The van der Waals surface area contributed by atoms with Gasteiger partial charge in [-0.05, 0) is 61.2 Å². The third-order valence-corrected chi connectivity index (χ3v) is 4.45. The Bertz CT molecular complexity index is 624. The molecular formula is C20H25NO2. The van der Waals surface area contributed by atoms with Crippen LogP contribution >= 0.6 is 0 Å². The third kappa shape index (κ3) is 4.05. The number of nitrogens with zero attached hydrogens (tertiary/aromatic N) is 1. The summed E-state index contributed by atoms with van der Waals surface area (Å²) in [5.41, 5.74) is 2.54. The van der Waals surface area contributed by atoms with Crippen molar-refractivity contribution in [3.05, 3.63) is 59.7 Å². The number of hydrogen-bond donors (Lipinski definition) is 0. The molecule has 1 heterocycles. The molecule has 1 aliphatic heterocycles. The monoisotopic (exact) mass is 311 g/mol. The lowest BCUT2D eigenvalue weighted by Gasteiger charge is -2.23. The van der Waals surface area contributed by atoms with Crippen molar-refractivity contribution in [3.63, 3.8) is 0 Å². The minimum absolute atomic E-state index is 0.240. The maximum atomic E-state index is 6.13. The predicted molar refractivity (Wildman–Crippen MR) is 93.1 cm³/mol. The van der Waals surface area contributed by atoms with E-state index in [0.29, 0.717) is 0 Å². The van der Waals surface area contributed by atoms with Gasteiger partial charge in [-0.3, -0.25) is 4.90 Å². The first kappa shape index (κ1) is 15.9. The maximum Gasteiger partial charge on any atom is 0.152 e. The van der Waals surface area contributed by atoms with E-state index in [-0.39, 0.29) is 6.23 Å². The number of benzene rings is 2. The van der Waals surface area contributed by atoms with Crippen molar-refractivity contribution >= 4 is 0 Å². The van der Waals surface area contributed by atoms with Gasteiger partial charge in [0, 0.05) is 6.54 Å². The van der Waals surface area contributed by atoms with Crippen LogP contribution in [-0.2, 0) is 6.42 Å². The lowest BCUT2D eigenvalue weighted by atomic mass is 10.0. The first-order valence-electron chi connectivity index (χ1n) is 8.41. The standard InChI is InChI=1S/C20H25NO2/c1-3-21-13-5-8-20(21)23-18-11-9-16(10-12-18)14-17-6-4-7-19(15-17)22-2/h4,6-7,9-12,15,20H,3,5,8,13-14H2,1-2H3. The molecule has 3 nitrogen and oxygen atoms in total. The summed E-state index contributed by atoms with van der Waals surface area (Å²) in [5, 5.41) is 0. The van der Waals surface area contributed by atoms with Crippen LogP contribution in [-0.4, -0.2) is 31.3 Å². The SMILES string of the molecule is CCN1CCCC1Oc1ccc(Cc2cccc(OC)c2)cc1. The molecule has 0 spiro atoms. The van der Waals surface area contributed by atoms with Gasteiger partial charge in [0.2, 0.25) is 0 Å². The van der Waals surface area contributed by atoms with E-state index < -0.39 is 0 Å². The molecule has 23 heavy (non-hydrogen) atoms. The molecule has 2 aromatic carbocycles. The van der Waals surface area contributed by atoms with Crippen molar-refractivity contribution in [1.82, 2.24) is 4.90 Å². The molecule has 0 amide bonds. The van der Waals surface area contributed by atoms with Crippen LogP contribution < -0.4 is 9.47 Å². The second-order valence-corrected chi connectivity index (χ2v) is 6.02. The molecule has 1 unspecified atom stereocenters. The van der Waals surface area contributed by atoms with Gasteiger partial charge in [-0.25, -0.2) is 0 Å². The molecule has 0 aromatic heterocycles. The van der Waals surface area contributed by atoms with E-state index in [0.717, 1.165) is 37.4 Å². The second-order valence-electron chi connectivity index (χ2n) is 6.02. The topological polar surface area (TPSA) is 21.7 Å². The Labute approximate surface area is 138 Å². The number of likely N-dealkylation sites (tertiary alicyclic amines) is 1. The van der Waals surface area contributed by atoms with Crippen molar-refractivity contribution in [1.29, 1.82) is 0 Å². The average Bonchev–Trinajstić information content (AvgIpc) is 3.04. The van der Waals surface area contributed by atoms with Gasteiger partial charge < -0.3 is 9.47 Å². The summed E-state index contributed by atoms with van der Waals surface area (Å²) in [6, 6.07) is 16.7. The summed E-state index contributed by atoms with van der Waals surface area (Å²) in [7, 11) is 1.70. The zero-order valence-electron chi connectivity index (χ0n) is 14.0. The number of rotatable bonds is 6. The minimum atomic E-state index is 0.240. The molecular weight excluding hydrogens is 286 g/mol. The molecule has 2 aromatic rings. The molecule has 3 heteroatoms. The number of hydrogen-bond acceptors (Lipinski definition) is 3. The molecule has 0 aliphatic carbocycles. The first-order chi connectivity index (χ1) is 11.3. The Hall–Kier alpha value is -2.00. The molecule has 1 saturated heterocycles. The first-order valence-corrected chi connectivity index (χ1v) is 8.41. The molecule has 1 aliphatic rings. The highest BCUT2D eigenvalue weighted by Crippen LogP contribution is 2.23. The lowest BCUT2D eigenvalue weighted by Crippen LogP contribution is -2.33. The van der Waals surface area contributed by atoms with E-state index in [1.165, 1.54) is 17.5 Å². The van der Waals surface area contributed by atoms with E-state index in [1.807, 2.05) is 12.1 Å². The molecule has 0 saturated carbocycles. The highest BCUT2D eigenvalue weighted by Gasteiger charge is 2.24. The highest BCUT2D eigenvalue weighted by molar-refractivity contribution is 5.35. The molecule has 1 atom stereocenters. The zero-order valence-corrected chi connectivity index (χ0v) is 14.0. The predicted octanol–water partition coefficient (Wildman–Crippen LogP) is 4.11. The molecule has 3 rings (SSSR count). The van der Waals surface area contributed by atoms with E-state index in [4.69, 9.17) is 9.47 Å². The van der Waals surface area contributed by atoms with Crippen LogP contribution in [0.4, 0.5) is 0 Å². The highest BCUT2D eigenvalue weighted by atomic mass is 16.5. The van der Waals surface area contributed by atoms with E-state index in [1.54, 1.807) is 7.11 Å². The second kappa shape index (κ2) is 7.51. The number of ether oxygens (including phenoxy) is 2. The summed E-state index contributed by atoms with van der Waals surface area (Å²) in [6.07, 6.45) is 3.50. The molecule has 0 N–H and O–H groups in total. The summed E-state index contributed by atoms with van der Waals surface area (Å²) in [4.78, 5) is 2.39. The summed E-state index contributed by atoms with van der Waals surface area (Å²) < 4.78 is 11.4. The molecule has 122 valence electrons. The van der Waals surface area contributed by atoms with Crippen LogP contribution in [0.15, 0.2) is 48.5 Å². The van der Waals surface area contributed by atoms with Gasteiger partial charge in [-0.1, -0.05) is 31.2 Å². The van der Waals surface area contributed by atoms with Gasteiger partial charge in [0.25, 0.3) is 0 Å². The molecule has 0 bridgehead atoms. The van der Waals surface area contributed by atoms with Gasteiger partial charge in [0.05, 0.1) is 7.11 Å². The summed E-state index contributed by atoms with van der Waals surface area (Å²) in [6.45, 7) is 4.40. The Morgan fingerprint density at radius 1 is 1.04 bits per heavy atom. The van der Waals surface area contributed by atoms with E-state index >= 15 is 0 Å². The smallest absolute Gasteiger partial charge is 0.152 e. The van der Waals surface area contributed by atoms with Gasteiger partial charge in [0.1, 0.15) is 11.5 Å². The fourth-order valence-corrected chi connectivity index (χ4v) is 3.15. The van der Waals surface area contributed by atoms with Gasteiger partial charge >= 0.3 is 0 Å². The Morgan fingerprint density at radius 3 is 2.61 bits per heavy atom. The van der Waals surface area contributed by atoms with E-state index in [9.17, 15) is 0 Å². The lowest BCUT2D eigenvalue weighted by molar-refractivity contribution is 0.0650. The van der Waals surface area contributed by atoms with Crippen LogP contribution in [0.1, 0.15) is 30.9 Å². The zero-order chi connectivity index (χ0) is 16.1. The van der Waals surface area contributed by atoms with Crippen molar-refractivity contribution in [2.24, 2.45) is 0 Å². The van der Waals surface area contributed by atoms with Gasteiger partial charge in [0.15, 0.2) is 6.23 Å². The fourth-order valence-electron chi connectivity index (χ4n) is 3.15. The Morgan fingerprint density at radius 2 is 1.87 bits per heavy atom. The van der Waals surface area contributed by atoms with Crippen LogP contribution in [0.2, 0.25) is 0 Å². The summed E-state index contributed by atoms with van der Waals surface area (Å²) in [5.74, 6) is 1.87. The van der Waals surface area contributed by atoms with Gasteiger partial charge in [-0.2, -0.15) is 0 Å². The average molecular weight is 311 g/mol. The quantitative estimate of drug-likeness (QED) is 0.801. The molecule has 0 radical (unpaired) electrons. The van der Waals surface area contributed by atoms with Crippen molar-refractivity contribution in [2.75, 3.05) is 20.2 Å². The van der Waals surface area contributed by atoms with Crippen LogP contribution in [0, 0.1) is 0 Å². The van der Waals surface area contributed by atoms with Crippen LogP contribution in [0.3, 0.4) is 0 Å². The Kier molecular flexibility index (Phi) is 5.19. The van der Waals surface area contributed by atoms with Gasteiger partial charge in [-0.15, -0.1) is 0 Å².